The number of hydrogen-bond acceptors (Lipinski definition) is 4. The van der Waals surface area contributed by atoms with Crippen molar-refractivity contribution in [1.82, 2.24) is 10.2 Å². The lowest BCUT2D eigenvalue weighted by molar-refractivity contribution is 0.102. The quantitative estimate of drug-likeness (QED) is 0.727. The van der Waals surface area contributed by atoms with Gasteiger partial charge in [0.2, 0.25) is 0 Å². The topological polar surface area (TPSA) is 44.7 Å². The minimum Gasteiger partial charge on any atom is -0.488 e. The smallest absolute Gasteiger partial charge is 0.165 e. The number of nitrogens with zero attached hydrogens (tertiary/aromatic N) is 1. The molecule has 21 heavy (non-hydrogen) atoms. The summed E-state index contributed by atoms with van der Waals surface area (Å²) < 4.78 is 18.6. The van der Waals surface area contributed by atoms with Crippen LogP contribution in [-0.2, 0) is 0 Å². The summed E-state index contributed by atoms with van der Waals surface area (Å²) in [5.41, 5.74) is 0. The predicted octanol–water partition coefficient (Wildman–Crippen LogP) is 1.64. The van der Waals surface area contributed by atoms with Gasteiger partial charge in [0.25, 0.3) is 0 Å². The summed E-state index contributed by atoms with van der Waals surface area (Å²) in [5, 5.41) is 13.1. The Balaban J connectivity index is 1.61. The number of hydrogen-bond donors (Lipinski definition) is 2. The van der Waals surface area contributed by atoms with Crippen LogP contribution in [0.1, 0.15) is 19.8 Å². The molecule has 0 saturated heterocycles. The van der Waals surface area contributed by atoms with E-state index in [0.717, 1.165) is 12.6 Å². The third-order valence-corrected chi connectivity index (χ3v) is 3.91. The molecule has 1 aliphatic carbocycles. The highest BCUT2D eigenvalue weighted by molar-refractivity contribution is 5.23. The van der Waals surface area contributed by atoms with Gasteiger partial charge in [-0.05, 0) is 38.9 Å². The lowest BCUT2D eigenvalue weighted by atomic mass is 10.2. The molecule has 1 aliphatic rings. The van der Waals surface area contributed by atoms with Crippen molar-refractivity contribution in [2.45, 2.75) is 38.0 Å². The van der Waals surface area contributed by atoms with Crippen LogP contribution in [0, 0.1) is 5.82 Å². The number of likely N-dealkylation sites (N-methyl/N-ethyl adjacent to an activating group) is 1. The van der Waals surface area contributed by atoms with Gasteiger partial charge in [-0.25, -0.2) is 4.39 Å². The molecule has 2 N–H and O–H groups in total. The molecule has 0 aliphatic heterocycles. The molecule has 1 aromatic rings. The molecule has 2 rings (SSSR count). The minimum atomic E-state index is -0.650. The predicted molar refractivity (Wildman–Crippen MR) is 81.0 cm³/mol. The highest BCUT2D eigenvalue weighted by Crippen LogP contribution is 2.26. The van der Waals surface area contributed by atoms with Crippen LogP contribution in [0.2, 0.25) is 0 Å². The maximum absolute atomic E-state index is 13.3. The van der Waals surface area contributed by atoms with Crippen molar-refractivity contribution in [2.24, 2.45) is 0 Å². The first-order valence-corrected chi connectivity index (χ1v) is 7.56. The third-order valence-electron chi connectivity index (χ3n) is 3.91. The van der Waals surface area contributed by atoms with Gasteiger partial charge in [-0.1, -0.05) is 12.1 Å². The van der Waals surface area contributed by atoms with Gasteiger partial charge in [-0.3, -0.25) is 4.90 Å². The Morgan fingerprint density at radius 1 is 1.38 bits per heavy atom. The Bertz CT molecular complexity index is 440. The molecule has 0 aromatic heterocycles. The fourth-order valence-corrected chi connectivity index (χ4v) is 2.25. The SMILES string of the molecule is CC(CNCC(O)COc1ccccc1F)N(C)C1CC1. The molecule has 4 nitrogen and oxygen atoms in total. The second kappa shape index (κ2) is 7.73. The fourth-order valence-electron chi connectivity index (χ4n) is 2.25. The van der Waals surface area contributed by atoms with Crippen molar-refractivity contribution in [1.29, 1.82) is 0 Å². The average Bonchev–Trinajstić information content (AvgIpc) is 3.30. The number of aliphatic hydroxyl groups excluding tert-OH is 1. The molecule has 0 heterocycles. The first kappa shape index (κ1) is 16.2. The Labute approximate surface area is 125 Å². The van der Waals surface area contributed by atoms with Crippen molar-refractivity contribution in [3.05, 3.63) is 30.1 Å². The molecule has 1 fully saturated rings. The number of ether oxygens (including phenoxy) is 1. The number of halogens is 1. The van der Waals surface area contributed by atoms with E-state index in [9.17, 15) is 9.50 Å². The Hall–Kier alpha value is -1.17. The summed E-state index contributed by atoms with van der Waals surface area (Å²) in [4.78, 5) is 2.37. The summed E-state index contributed by atoms with van der Waals surface area (Å²) in [6.07, 6.45) is 1.93. The van der Waals surface area contributed by atoms with Gasteiger partial charge in [-0.15, -0.1) is 0 Å². The summed E-state index contributed by atoms with van der Waals surface area (Å²) in [6.45, 7) is 3.52. The average molecular weight is 296 g/mol. The van der Waals surface area contributed by atoms with E-state index in [2.05, 4.69) is 24.2 Å². The Kier molecular flexibility index (Phi) is 5.96. The van der Waals surface area contributed by atoms with E-state index in [4.69, 9.17) is 4.74 Å². The monoisotopic (exact) mass is 296 g/mol. The minimum absolute atomic E-state index is 0.0841. The first-order valence-electron chi connectivity index (χ1n) is 7.56. The van der Waals surface area contributed by atoms with Crippen molar-refractivity contribution in [2.75, 3.05) is 26.7 Å². The van der Waals surface area contributed by atoms with E-state index in [0.29, 0.717) is 12.6 Å². The van der Waals surface area contributed by atoms with Crippen LogP contribution in [0.25, 0.3) is 0 Å². The van der Waals surface area contributed by atoms with Crippen LogP contribution in [-0.4, -0.2) is 54.9 Å². The van der Waals surface area contributed by atoms with Crippen molar-refractivity contribution in [3.63, 3.8) is 0 Å². The van der Waals surface area contributed by atoms with Crippen LogP contribution in [0.4, 0.5) is 4.39 Å². The Morgan fingerprint density at radius 2 is 2.10 bits per heavy atom. The lowest BCUT2D eigenvalue weighted by Crippen LogP contribution is -2.42. The number of para-hydroxylation sites is 1. The van der Waals surface area contributed by atoms with Crippen LogP contribution >= 0.6 is 0 Å². The van der Waals surface area contributed by atoms with E-state index in [-0.39, 0.29) is 12.4 Å². The zero-order chi connectivity index (χ0) is 15.2. The number of benzene rings is 1. The van der Waals surface area contributed by atoms with E-state index in [1.54, 1.807) is 18.2 Å². The van der Waals surface area contributed by atoms with Gasteiger partial charge < -0.3 is 15.2 Å². The maximum Gasteiger partial charge on any atom is 0.165 e. The molecule has 2 atom stereocenters. The van der Waals surface area contributed by atoms with Crippen LogP contribution in [0.5, 0.6) is 5.75 Å². The summed E-state index contributed by atoms with van der Waals surface area (Å²) in [7, 11) is 2.14. The summed E-state index contributed by atoms with van der Waals surface area (Å²) >= 11 is 0. The van der Waals surface area contributed by atoms with Crippen molar-refractivity contribution in [3.8, 4) is 5.75 Å². The second-order valence-corrected chi connectivity index (χ2v) is 5.80. The first-order chi connectivity index (χ1) is 10.1. The molecular weight excluding hydrogens is 271 g/mol. The number of nitrogens with one attached hydrogen (secondary N) is 1. The van der Waals surface area contributed by atoms with E-state index < -0.39 is 11.9 Å². The Morgan fingerprint density at radius 3 is 2.76 bits per heavy atom. The van der Waals surface area contributed by atoms with Gasteiger partial charge in [0.15, 0.2) is 11.6 Å². The molecule has 118 valence electrons. The molecule has 1 saturated carbocycles. The van der Waals surface area contributed by atoms with Crippen molar-refractivity contribution >= 4 is 0 Å². The van der Waals surface area contributed by atoms with Crippen LogP contribution in [0.15, 0.2) is 24.3 Å². The van der Waals surface area contributed by atoms with Gasteiger partial charge >= 0.3 is 0 Å². The maximum atomic E-state index is 13.3. The largest absolute Gasteiger partial charge is 0.488 e. The van der Waals surface area contributed by atoms with E-state index in [1.807, 2.05) is 0 Å². The van der Waals surface area contributed by atoms with Crippen LogP contribution < -0.4 is 10.1 Å². The molecule has 5 heteroatoms. The number of aliphatic hydroxyl groups is 1. The fraction of sp³-hybridized carbons (Fsp3) is 0.625. The zero-order valence-corrected chi connectivity index (χ0v) is 12.8. The lowest BCUT2D eigenvalue weighted by Gasteiger charge is -2.25. The van der Waals surface area contributed by atoms with Gasteiger partial charge in [0.05, 0.1) is 0 Å². The van der Waals surface area contributed by atoms with Gasteiger partial charge in [0, 0.05) is 25.2 Å². The highest BCUT2D eigenvalue weighted by Gasteiger charge is 2.28. The molecule has 1 aromatic carbocycles. The van der Waals surface area contributed by atoms with Crippen LogP contribution in [0.3, 0.4) is 0 Å². The van der Waals surface area contributed by atoms with E-state index in [1.165, 1.54) is 18.9 Å². The normalized spacial score (nSPS) is 17.8. The molecule has 2 unspecified atom stereocenters. The van der Waals surface area contributed by atoms with Gasteiger partial charge in [-0.2, -0.15) is 0 Å². The number of rotatable bonds is 9. The van der Waals surface area contributed by atoms with E-state index >= 15 is 0 Å². The highest BCUT2D eigenvalue weighted by atomic mass is 19.1. The van der Waals surface area contributed by atoms with Gasteiger partial charge in [0.1, 0.15) is 12.7 Å². The zero-order valence-electron chi connectivity index (χ0n) is 12.8. The summed E-state index contributed by atoms with van der Waals surface area (Å²) in [6, 6.07) is 7.39. The summed E-state index contributed by atoms with van der Waals surface area (Å²) in [5.74, 6) is -0.226. The molecule has 0 radical (unpaired) electrons. The molecular formula is C16H25FN2O2. The molecule has 0 bridgehead atoms. The molecule has 0 amide bonds. The molecule has 0 spiro atoms. The third kappa shape index (κ3) is 5.26. The standard InChI is InChI=1S/C16H25FN2O2/c1-12(19(2)13-7-8-13)9-18-10-14(20)11-21-16-6-4-3-5-15(16)17/h3-6,12-14,18,20H,7-11H2,1-2H3. The van der Waals surface area contributed by atoms with Crippen molar-refractivity contribution < 1.29 is 14.2 Å². The second-order valence-electron chi connectivity index (χ2n) is 5.80.